The fourth-order valence-corrected chi connectivity index (χ4v) is 8.40. The van der Waals surface area contributed by atoms with Crippen LogP contribution in [0.4, 0.5) is 0 Å². The van der Waals surface area contributed by atoms with Gasteiger partial charge < -0.3 is 29.4 Å². The molecule has 3 rings (SSSR count). The summed E-state index contributed by atoms with van der Waals surface area (Å²) in [6.45, 7) is 19.5. The highest BCUT2D eigenvalue weighted by Gasteiger charge is 2.28. The monoisotopic (exact) mass is 766 g/mol. The predicted molar refractivity (Wildman–Crippen MR) is 210 cm³/mol. The Labute approximate surface area is 315 Å². The van der Waals surface area contributed by atoms with Crippen molar-refractivity contribution in [1.82, 2.24) is 29.4 Å². The van der Waals surface area contributed by atoms with Gasteiger partial charge in [0.15, 0.2) is 0 Å². The minimum atomic E-state index is -4.50. The zero-order valence-electron chi connectivity index (χ0n) is 33.8. The molecule has 2 aromatic carbocycles. The van der Waals surface area contributed by atoms with E-state index in [0.717, 1.165) is 11.1 Å². The van der Waals surface area contributed by atoms with Crippen LogP contribution in [0.1, 0.15) is 74.9 Å². The van der Waals surface area contributed by atoms with E-state index in [1.807, 2.05) is 66.6 Å². The van der Waals surface area contributed by atoms with Gasteiger partial charge >= 0.3 is 0 Å². The molecule has 0 atom stereocenters. The van der Waals surface area contributed by atoms with E-state index in [0.29, 0.717) is 101 Å². The van der Waals surface area contributed by atoms with E-state index in [1.165, 1.54) is 0 Å². The first-order valence-corrected chi connectivity index (χ1v) is 21.0. The quantitative estimate of drug-likeness (QED) is 0.428. The van der Waals surface area contributed by atoms with Crippen LogP contribution >= 0.6 is 0 Å². The van der Waals surface area contributed by atoms with Crippen LogP contribution in [0.5, 0.6) is 0 Å². The lowest BCUT2D eigenvalue weighted by molar-refractivity contribution is 0.216. The molecule has 1 aliphatic heterocycles. The maximum atomic E-state index is 13.0. The van der Waals surface area contributed by atoms with Crippen molar-refractivity contribution in [2.45, 2.75) is 88.3 Å². The van der Waals surface area contributed by atoms with Crippen LogP contribution in [-0.2, 0) is 57.2 Å². The van der Waals surface area contributed by atoms with Crippen molar-refractivity contribution < 1.29 is 25.9 Å². The Hall–Kier alpha value is -1.98. The Morgan fingerprint density at radius 1 is 0.423 bits per heavy atom. The molecular weight excluding hydrogens is 701 g/mol. The minimum absolute atomic E-state index is 0.000652. The predicted octanol–water partition coefficient (Wildman–Crippen LogP) is 4.08. The van der Waals surface area contributed by atoms with E-state index < -0.39 is 20.2 Å². The number of likely N-dealkylation sites (N-methyl/N-ethyl adjacent to an activating group) is 6. The second-order valence-corrected chi connectivity index (χ2v) is 20.0. The van der Waals surface area contributed by atoms with Crippen LogP contribution in [-0.4, -0.2) is 150 Å². The lowest BCUT2D eigenvalue weighted by Crippen LogP contribution is -2.36. The topological polar surface area (TPSA) is 128 Å². The number of rotatable bonds is 2. The second-order valence-electron chi connectivity index (χ2n) is 17.3. The fraction of sp³-hybridized carbons (Fsp3) is 0.684. The zero-order valence-corrected chi connectivity index (χ0v) is 35.5. The van der Waals surface area contributed by atoms with Gasteiger partial charge in [-0.05, 0) is 86.5 Å². The molecule has 0 unspecified atom stereocenters. The average Bonchev–Trinajstić information content (AvgIpc) is 2.97. The maximum absolute atomic E-state index is 13.0. The Balaban J connectivity index is 2.02. The van der Waals surface area contributed by atoms with Gasteiger partial charge in [-0.15, -0.1) is 0 Å². The van der Waals surface area contributed by atoms with E-state index in [9.17, 15) is 25.9 Å². The van der Waals surface area contributed by atoms with Crippen molar-refractivity contribution in [3.63, 3.8) is 0 Å². The van der Waals surface area contributed by atoms with Gasteiger partial charge in [0.2, 0.25) is 0 Å². The van der Waals surface area contributed by atoms with E-state index in [2.05, 4.69) is 70.9 Å². The lowest BCUT2D eigenvalue weighted by Gasteiger charge is -2.29. The molecule has 0 radical (unpaired) electrons. The molecule has 0 saturated heterocycles. The summed E-state index contributed by atoms with van der Waals surface area (Å²) in [7, 11) is 2.87. The minimum Gasteiger partial charge on any atom is -0.304 e. The molecule has 0 aliphatic carbocycles. The maximum Gasteiger partial charge on any atom is 0.295 e. The first-order chi connectivity index (χ1) is 23.8. The molecule has 1 aliphatic rings. The first kappa shape index (κ1) is 44.4. The number of nitrogens with zero attached hydrogens (tertiary/aromatic N) is 6. The fourth-order valence-electron chi connectivity index (χ4n) is 6.58. The number of benzene rings is 2. The molecule has 12 nitrogen and oxygen atoms in total. The molecule has 0 fully saturated rings. The van der Waals surface area contributed by atoms with Gasteiger partial charge in [0.25, 0.3) is 20.2 Å². The van der Waals surface area contributed by atoms with Gasteiger partial charge in [-0.1, -0.05) is 65.8 Å². The molecule has 296 valence electrons. The average molecular weight is 767 g/mol. The van der Waals surface area contributed by atoms with Crippen molar-refractivity contribution in [2.24, 2.45) is 0 Å². The summed E-state index contributed by atoms with van der Waals surface area (Å²) >= 11 is 0. The highest BCUT2D eigenvalue weighted by Crippen LogP contribution is 2.33. The Morgan fingerprint density at radius 3 is 0.788 bits per heavy atom. The van der Waals surface area contributed by atoms with Crippen molar-refractivity contribution in [3.05, 3.63) is 57.6 Å². The van der Waals surface area contributed by atoms with Crippen LogP contribution in [0.25, 0.3) is 0 Å². The largest absolute Gasteiger partial charge is 0.304 e. The van der Waals surface area contributed by atoms with Gasteiger partial charge in [-0.25, -0.2) is 0 Å². The van der Waals surface area contributed by atoms with Gasteiger partial charge in [0.1, 0.15) is 9.79 Å². The van der Waals surface area contributed by atoms with Crippen LogP contribution in [0.2, 0.25) is 0 Å². The summed E-state index contributed by atoms with van der Waals surface area (Å²) in [5.74, 6) is 0. The molecule has 52 heavy (non-hydrogen) atoms. The van der Waals surface area contributed by atoms with E-state index >= 15 is 0 Å². The summed E-state index contributed by atoms with van der Waals surface area (Å²) in [4.78, 5) is 12.7. The number of hydrogen-bond donors (Lipinski definition) is 2. The number of hydrogen-bond acceptors (Lipinski definition) is 10. The molecule has 0 amide bonds. The van der Waals surface area contributed by atoms with E-state index in [1.54, 1.807) is 0 Å². The Bertz CT molecular complexity index is 1540. The first-order valence-electron chi connectivity index (χ1n) is 18.1. The summed E-state index contributed by atoms with van der Waals surface area (Å²) in [6.07, 6.45) is 0. The number of fused-ring (bicyclic) bond motifs is 4. The zero-order chi connectivity index (χ0) is 39.4. The summed E-state index contributed by atoms with van der Waals surface area (Å²) in [6, 6.07) is 7.71. The third-order valence-electron chi connectivity index (χ3n) is 9.95. The van der Waals surface area contributed by atoms with Crippen LogP contribution in [0, 0.1) is 0 Å². The molecule has 1 heterocycles. The highest BCUT2D eigenvalue weighted by atomic mass is 32.2. The van der Waals surface area contributed by atoms with Crippen molar-refractivity contribution in [3.8, 4) is 0 Å². The van der Waals surface area contributed by atoms with Gasteiger partial charge in [0.05, 0.1) is 0 Å². The Kier molecular flexibility index (Phi) is 15.1. The summed E-state index contributed by atoms with van der Waals surface area (Å²) < 4.78 is 73.0. The molecule has 14 heteroatoms. The molecular formula is C38H66N6O6S2. The van der Waals surface area contributed by atoms with Gasteiger partial charge in [0, 0.05) is 78.5 Å². The molecule has 0 aromatic heterocycles. The van der Waals surface area contributed by atoms with Crippen molar-refractivity contribution in [2.75, 3.05) is 94.6 Å². The second kappa shape index (κ2) is 17.7. The third kappa shape index (κ3) is 13.1. The van der Waals surface area contributed by atoms with Gasteiger partial charge in [-0.3, -0.25) is 9.11 Å². The highest BCUT2D eigenvalue weighted by molar-refractivity contribution is 7.86. The SMILES string of the molecule is CN1CCN(C)Cc2cc(C(C)(C)C)cc(c2S(=O)(=O)O)CN(C)CCN(C)CCN(C)Cc2cc(C(C)(C)C)cc(c2S(=O)(=O)O)CN(C)CC1. The Morgan fingerprint density at radius 2 is 0.615 bits per heavy atom. The normalized spacial score (nSPS) is 19.8. The summed E-state index contributed by atoms with van der Waals surface area (Å²) in [5.41, 5.74) is 3.93. The van der Waals surface area contributed by atoms with E-state index in [4.69, 9.17) is 0 Å². The van der Waals surface area contributed by atoms with E-state index in [-0.39, 0.29) is 20.6 Å². The molecule has 2 aromatic rings. The molecule has 4 bridgehead atoms. The summed E-state index contributed by atoms with van der Waals surface area (Å²) in [5, 5.41) is 0. The van der Waals surface area contributed by atoms with Crippen LogP contribution in [0.3, 0.4) is 0 Å². The van der Waals surface area contributed by atoms with Crippen molar-refractivity contribution >= 4 is 20.2 Å². The molecule has 0 spiro atoms. The molecule has 2 N–H and O–H groups in total. The van der Waals surface area contributed by atoms with Crippen molar-refractivity contribution in [1.29, 1.82) is 0 Å². The third-order valence-corrected chi connectivity index (χ3v) is 12.0. The smallest absolute Gasteiger partial charge is 0.295 e. The van der Waals surface area contributed by atoms with Gasteiger partial charge in [-0.2, -0.15) is 16.8 Å². The molecule has 0 saturated carbocycles. The lowest BCUT2D eigenvalue weighted by atomic mass is 9.85. The van der Waals surface area contributed by atoms with Crippen LogP contribution in [0.15, 0.2) is 34.1 Å². The standard InChI is InChI=1S/C38H66N6O6S2/c1-37(2,3)33-21-29-25-41(9)17-13-39(7)15-19-43(11)27-31-23-34(38(4,5)6)24-32(36(31)52(48,49)50)28-44(12)20-16-40(8)14-18-42(10)26-30(22-33)35(29)51(45,46)47/h21-24H,13-20,25-28H2,1-12H3,(H,45,46,47)(H,48,49,50). The van der Waals surface area contributed by atoms with Crippen LogP contribution < -0.4 is 0 Å².